The monoisotopic (exact) mass is 495 g/mol. The number of benzene rings is 2. The number of carbonyl (C=O) groups excluding carboxylic acids is 3. The molecule has 0 fully saturated rings. The van der Waals surface area contributed by atoms with Crippen molar-refractivity contribution in [1.29, 1.82) is 0 Å². The Hall–Kier alpha value is -4.01. The highest BCUT2D eigenvalue weighted by Gasteiger charge is 2.36. The van der Waals surface area contributed by atoms with Gasteiger partial charge in [0.2, 0.25) is 0 Å². The number of methoxy groups -OCH3 is 2. The zero-order valence-electron chi connectivity index (χ0n) is 21.3. The van der Waals surface area contributed by atoms with Gasteiger partial charge in [-0.25, -0.2) is 9.59 Å². The van der Waals surface area contributed by atoms with Crippen LogP contribution in [0.1, 0.15) is 55.6 Å². The van der Waals surface area contributed by atoms with Crippen LogP contribution >= 0.6 is 0 Å². The maximum Gasteiger partial charge on any atom is 0.338 e. The minimum Gasteiger partial charge on any atom is -0.496 e. The molecule has 1 atom stereocenters. The Morgan fingerprint density at radius 1 is 1.03 bits per heavy atom. The zero-order valence-corrected chi connectivity index (χ0v) is 21.3. The fourth-order valence-corrected chi connectivity index (χ4v) is 4.12. The number of rotatable bonds is 10. The number of carbonyl (C=O) groups is 3. The molecular weight excluding hydrogens is 462 g/mol. The van der Waals surface area contributed by atoms with Gasteiger partial charge in [0, 0.05) is 17.9 Å². The number of hydrogen-bond donors (Lipinski definition) is 2. The zero-order chi connectivity index (χ0) is 26.2. The second kappa shape index (κ2) is 12.1. The highest BCUT2D eigenvalue weighted by atomic mass is 16.5. The minimum atomic E-state index is -0.673. The van der Waals surface area contributed by atoms with Crippen molar-refractivity contribution in [2.24, 2.45) is 0 Å². The van der Waals surface area contributed by atoms with E-state index in [0.29, 0.717) is 40.6 Å². The molecule has 9 nitrogen and oxygen atoms in total. The van der Waals surface area contributed by atoms with Gasteiger partial charge in [-0.05, 0) is 50.1 Å². The molecule has 0 radical (unpaired) electrons. The van der Waals surface area contributed by atoms with Crippen LogP contribution in [0.5, 0.6) is 11.5 Å². The number of nitrogens with zero attached hydrogens (tertiary/aromatic N) is 1. The van der Waals surface area contributed by atoms with E-state index in [4.69, 9.17) is 14.2 Å². The van der Waals surface area contributed by atoms with E-state index < -0.39 is 17.9 Å². The van der Waals surface area contributed by atoms with Crippen molar-refractivity contribution in [3.63, 3.8) is 0 Å². The molecule has 1 unspecified atom stereocenters. The summed E-state index contributed by atoms with van der Waals surface area (Å²) in [4.78, 5) is 40.3. The third-order valence-electron chi connectivity index (χ3n) is 5.98. The van der Waals surface area contributed by atoms with E-state index in [1.807, 2.05) is 6.92 Å². The van der Waals surface area contributed by atoms with Crippen molar-refractivity contribution in [2.75, 3.05) is 32.7 Å². The molecule has 3 amide bonds. The van der Waals surface area contributed by atoms with E-state index in [1.54, 1.807) is 61.2 Å². The summed E-state index contributed by atoms with van der Waals surface area (Å²) in [5.41, 5.74) is 2.47. The SMILES string of the molecule is CCCCN1C(=O)NC(c2ccc(NC(=O)c3c(OC)cccc3OC)cc2)C(C(=O)OCC)=C1C. The summed E-state index contributed by atoms with van der Waals surface area (Å²) in [5, 5.41) is 5.78. The van der Waals surface area contributed by atoms with Gasteiger partial charge in [-0.3, -0.25) is 9.69 Å². The Morgan fingerprint density at radius 3 is 2.22 bits per heavy atom. The summed E-state index contributed by atoms with van der Waals surface area (Å²) < 4.78 is 15.9. The molecule has 1 aliphatic rings. The lowest BCUT2D eigenvalue weighted by Gasteiger charge is -2.35. The quantitative estimate of drug-likeness (QED) is 0.465. The Bertz CT molecular complexity index is 1120. The third kappa shape index (κ3) is 5.62. The molecule has 0 aliphatic carbocycles. The summed E-state index contributed by atoms with van der Waals surface area (Å²) in [6, 6.07) is 11.1. The molecule has 2 aromatic rings. The minimum absolute atomic E-state index is 0.225. The number of allylic oxidation sites excluding steroid dienone is 1. The van der Waals surface area contributed by atoms with Crippen molar-refractivity contribution in [1.82, 2.24) is 10.2 Å². The van der Waals surface area contributed by atoms with Gasteiger partial charge in [0.25, 0.3) is 5.91 Å². The molecule has 2 aromatic carbocycles. The van der Waals surface area contributed by atoms with Gasteiger partial charge in [0.05, 0.1) is 32.4 Å². The summed E-state index contributed by atoms with van der Waals surface area (Å²) in [7, 11) is 2.97. The number of unbranched alkanes of at least 4 members (excludes halogenated alkanes) is 1. The molecule has 1 heterocycles. The van der Waals surface area contributed by atoms with Crippen LogP contribution in [0.25, 0.3) is 0 Å². The molecule has 0 saturated carbocycles. The van der Waals surface area contributed by atoms with Gasteiger partial charge in [-0.1, -0.05) is 31.5 Å². The first-order chi connectivity index (χ1) is 17.4. The fraction of sp³-hybridized carbons (Fsp3) is 0.370. The van der Waals surface area contributed by atoms with E-state index in [2.05, 4.69) is 10.6 Å². The van der Waals surface area contributed by atoms with Crippen molar-refractivity contribution in [3.8, 4) is 11.5 Å². The number of nitrogens with one attached hydrogen (secondary N) is 2. The van der Waals surface area contributed by atoms with Gasteiger partial charge >= 0.3 is 12.0 Å². The summed E-state index contributed by atoms with van der Waals surface area (Å²) in [5.74, 6) is -0.0823. The molecule has 0 aromatic heterocycles. The highest BCUT2D eigenvalue weighted by Crippen LogP contribution is 2.33. The predicted molar refractivity (Wildman–Crippen MR) is 136 cm³/mol. The standard InChI is InChI=1S/C27H33N3O6/c1-6-8-16-30-17(3)22(26(32)36-7-2)24(29-27(30)33)18-12-14-19(15-13-18)28-25(31)23-20(34-4)10-9-11-21(23)35-5/h9-15,24H,6-8,16H2,1-5H3,(H,28,31)(H,29,33). The van der Waals surface area contributed by atoms with Crippen molar-refractivity contribution in [3.05, 3.63) is 64.9 Å². The largest absolute Gasteiger partial charge is 0.496 e. The van der Waals surface area contributed by atoms with Gasteiger partial charge in [0.15, 0.2) is 0 Å². The number of hydrogen-bond acceptors (Lipinski definition) is 6. The topological polar surface area (TPSA) is 106 Å². The second-order valence-electron chi connectivity index (χ2n) is 8.22. The molecule has 192 valence electrons. The van der Waals surface area contributed by atoms with Crippen LogP contribution in [0.2, 0.25) is 0 Å². The Balaban J connectivity index is 1.89. The Labute approximate surface area is 211 Å². The molecule has 2 N–H and O–H groups in total. The molecule has 36 heavy (non-hydrogen) atoms. The average Bonchev–Trinajstić information content (AvgIpc) is 2.88. The van der Waals surface area contributed by atoms with Crippen LogP contribution in [-0.2, 0) is 9.53 Å². The Kier molecular flexibility index (Phi) is 8.94. The Morgan fingerprint density at radius 2 is 1.67 bits per heavy atom. The summed E-state index contributed by atoms with van der Waals surface area (Å²) >= 11 is 0. The summed E-state index contributed by atoms with van der Waals surface area (Å²) in [6.07, 6.45) is 1.74. The van der Waals surface area contributed by atoms with E-state index >= 15 is 0 Å². The average molecular weight is 496 g/mol. The first kappa shape index (κ1) is 26.6. The number of esters is 1. The maximum absolute atomic E-state index is 13.0. The van der Waals surface area contributed by atoms with Crippen LogP contribution in [-0.4, -0.2) is 50.2 Å². The third-order valence-corrected chi connectivity index (χ3v) is 5.98. The predicted octanol–water partition coefficient (Wildman–Crippen LogP) is 4.66. The van der Waals surface area contributed by atoms with Crippen LogP contribution in [0.3, 0.4) is 0 Å². The van der Waals surface area contributed by atoms with E-state index in [-0.39, 0.29) is 18.2 Å². The van der Waals surface area contributed by atoms with Crippen molar-refractivity contribution < 1.29 is 28.6 Å². The number of anilines is 1. The molecule has 3 rings (SSSR count). The molecular formula is C27H33N3O6. The molecule has 0 bridgehead atoms. The lowest BCUT2D eigenvalue weighted by atomic mass is 9.94. The van der Waals surface area contributed by atoms with Crippen LogP contribution in [0.15, 0.2) is 53.7 Å². The van der Waals surface area contributed by atoms with Crippen LogP contribution in [0.4, 0.5) is 10.5 Å². The summed E-state index contributed by atoms with van der Waals surface area (Å²) in [6.45, 7) is 6.29. The van der Waals surface area contributed by atoms with Gasteiger partial charge in [-0.15, -0.1) is 0 Å². The lowest BCUT2D eigenvalue weighted by molar-refractivity contribution is -0.139. The number of ether oxygens (including phenoxy) is 3. The number of amides is 3. The molecule has 0 saturated heterocycles. The molecule has 0 spiro atoms. The highest BCUT2D eigenvalue weighted by molar-refractivity contribution is 6.08. The fourth-order valence-electron chi connectivity index (χ4n) is 4.12. The van der Waals surface area contributed by atoms with Gasteiger partial charge in [0.1, 0.15) is 17.1 Å². The first-order valence-corrected chi connectivity index (χ1v) is 11.9. The van der Waals surface area contributed by atoms with E-state index in [9.17, 15) is 14.4 Å². The van der Waals surface area contributed by atoms with Crippen LogP contribution in [0, 0.1) is 0 Å². The molecule has 9 heteroatoms. The number of urea groups is 1. The van der Waals surface area contributed by atoms with Crippen molar-refractivity contribution in [2.45, 2.75) is 39.7 Å². The van der Waals surface area contributed by atoms with Gasteiger partial charge in [-0.2, -0.15) is 0 Å². The smallest absolute Gasteiger partial charge is 0.338 e. The maximum atomic E-state index is 13.0. The normalized spacial score (nSPS) is 15.3. The first-order valence-electron chi connectivity index (χ1n) is 11.9. The van der Waals surface area contributed by atoms with Crippen LogP contribution < -0.4 is 20.1 Å². The van der Waals surface area contributed by atoms with Gasteiger partial charge < -0.3 is 24.8 Å². The lowest BCUT2D eigenvalue weighted by Crippen LogP contribution is -2.48. The van der Waals surface area contributed by atoms with Crippen molar-refractivity contribution >= 4 is 23.6 Å². The van der Waals surface area contributed by atoms with E-state index in [0.717, 1.165) is 12.8 Å². The van der Waals surface area contributed by atoms with E-state index in [1.165, 1.54) is 14.2 Å². The molecule has 1 aliphatic heterocycles. The second-order valence-corrected chi connectivity index (χ2v) is 8.22.